The van der Waals surface area contributed by atoms with Crippen molar-refractivity contribution in [3.05, 3.63) is 34.3 Å². The van der Waals surface area contributed by atoms with Crippen molar-refractivity contribution in [3.8, 4) is 0 Å². The molecule has 1 aromatic carbocycles. The number of carbonyl (C=O) groups excluding carboxylic acids is 1. The van der Waals surface area contributed by atoms with Gasteiger partial charge >= 0.3 is 6.43 Å². The SMILES string of the molecule is C[C@@H](NC(=O)C(F)F)c1ccccc1Br. The fraction of sp³-hybridized carbons (Fsp3) is 0.300. The summed E-state index contributed by atoms with van der Waals surface area (Å²) in [7, 11) is 0. The van der Waals surface area contributed by atoms with Crippen LogP contribution in [0.1, 0.15) is 18.5 Å². The Morgan fingerprint density at radius 2 is 2.00 bits per heavy atom. The molecule has 0 fully saturated rings. The van der Waals surface area contributed by atoms with E-state index in [0.29, 0.717) is 0 Å². The van der Waals surface area contributed by atoms with Gasteiger partial charge in [0.05, 0.1) is 6.04 Å². The molecule has 0 aliphatic heterocycles. The van der Waals surface area contributed by atoms with E-state index in [-0.39, 0.29) is 0 Å². The average Bonchev–Trinajstić information content (AvgIpc) is 2.18. The maximum absolute atomic E-state index is 12.0. The summed E-state index contributed by atoms with van der Waals surface area (Å²) in [6, 6.07) is 6.71. The van der Waals surface area contributed by atoms with Crippen molar-refractivity contribution in [2.24, 2.45) is 0 Å². The van der Waals surface area contributed by atoms with Crippen molar-refractivity contribution in [3.63, 3.8) is 0 Å². The molecule has 0 aliphatic carbocycles. The van der Waals surface area contributed by atoms with Gasteiger partial charge in [-0.15, -0.1) is 0 Å². The number of hydrogen-bond acceptors (Lipinski definition) is 1. The molecule has 0 spiro atoms. The maximum Gasteiger partial charge on any atom is 0.315 e. The monoisotopic (exact) mass is 277 g/mol. The summed E-state index contributed by atoms with van der Waals surface area (Å²) in [6.07, 6.45) is -2.98. The first-order chi connectivity index (χ1) is 7.02. The van der Waals surface area contributed by atoms with Crippen molar-refractivity contribution < 1.29 is 13.6 Å². The summed E-state index contributed by atoms with van der Waals surface area (Å²) in [5, 5.41) is 2.22. The fourth-order valence-electron chi connectivity index (χ4n) is 1.18. The van der Waals surface area contributed by atoms with Gasteiger partial charge in [0, 0.05) is 4.47 Å². The van der Waals surface area contributed by atoms with E-state index in [4.69, 9.17) is 0 Å². The Bertz CT molecular complexity index is 357. The molecule has 1 rings (SSSR count). The largest absolute Gasteiger partial charge is 0.345 e. The number of rotatable bonds is 3. The van der Waals surface area contributed by atoms with Gasteiger partial charge in [-0.2, -0.15) is 8.78 Å². The molecule has 1 atom stereocenters. The maximum atomic E-state index is 12.0. The summed E-state index contributed by atoms with van der Waals surface area (Å²) >= 11 is 3.29. The highest BCUT2D eigenvalue weighted by Gasteiger charge is 2.18. The quantitative estimate of drug-likeness (QED) is 0.905. The van der Waals surface area contributed by atoms with Gasteiger partial charge in [0.2, 0.25) is 0 Å². The third-order valence-electron chi connectivity index (χ3n) is 1.93. The van der Waals surface area contributed by atoms with Crippen molar-refractivity contribution in [2.45, 2.75) is 19.4 Å². The number of benzene rings is 1. The molecule has 0 aromatic heterocycles. The lowest BCUT2D eigenvalue weighted by Gasteiger charge is -2.15. The lowest BCUT2D eigenvalue weighted by molar-refractivity contribution is -0.132. The van der Waals surface area contributed by atoms with Gasteiger partial charge in [-0.1, -0.05) is 34.1 Å². The molecule has 0 unspecified atom stereocenters. The molecule has 1 aromatic rings. The Kier molecular flexibility index (Phi) is 4.20. The van der Waals surface area contributed by atoms with Crippen LogP contribution in [0.5, 0.6) is 0 Å². The number of hydrogen-bond donors (Lipinski definition) is 1. The summed E-state index contributed by atoms with van der Waals surface area (Å²) in [5.74, 6) is -1.25. The van der Waals surface area contributed by atoms with Gasteiger partial charge in [0.25, 0.3) is 5.91 Å². The molecular formula is C10H10BrF2NO. The minimum absolute atomic E-state index is 0.443. The number of halogens is 3. The predicted octanol–water partition coefficient (Wildman–Crippen LogP) is 2.89. The number of amides is 1. The van der Waals surface area contributed by atoms with Crippen LogP contribution in [0.25, 0.3) is 0 Å². The zero-order valence-electron chi connectivity index (χ0n) is 8.01. The first-order valence-electron chi connectivity index (χ1n) is 4.35. The Labute approximate surface area is 94.8 Å². The van der Waals surface area contributed by atoms with Crippen LogP contribution in [-0.4, -0.2) is 12.3 Å². The lowest BCUT2D eigenvalue weighted by Crippen LogP contribution is -2.31. The molecule has 0 radical (unpaired) electrons. The second kappa shape index (κ2) is 5.21. The van der Waals surface area contributed by atoms with Crippen molar-refractivity contribution in [2.75, 3.05) is 0 Å². The molecule has 0 heterocycles. The third kappa shape index (κ3) is 3.27. The van der Waals surface area contributed by atoms with Crippen LogP contribution >= 0.6 is 15.9 Å². The van der Waals surface area contributed by atoms with E-state index in [1.54, 1.807) is 25.1 Å². The number of nitrogens with one attached hydrogen (secondary N) is 1. The molecule has 15 heavy (non-hydrogen) atoms. The highest BCUT2D eigenvalue weighted by molar-refractivity contribution is 9.10. The highest BCUT2D eigenvalue weighted by Crippen LogP contribution is 2.22. The average molecular weight is 278 g/mol. The molecule has 0 bridgehead atoms. The van der Waals surface area contributed by atoms with Crippen LogP contribution in [-0.2, 0) is 4.79 Å². The van der Waals surface area contributed by atoms with Gasteiger partial charge in [-0.3, -0.25) is 4.79 Å². The van der Waals surface area contributed by atoms with Gasteiger partial charge < -0.3 is 5.32 Å². The van der Waals surface area contributed by atoms with E-state index >= 15 is 0 Å². The molecular weight excluding hydrogens is 268 g/mol. The minimum atomic E-state index is -2.98. The number of alkyl halides is 2. The molecule has 5 heteroatoms. The standard InChI is InChI=1S/C10H10BrF2NO/c1-6(14-10(15)9(12)13)7-4-2-3-5-8(7)11/h2-6,9H,1H3,(H,14,15)/t6-/m1/s1. The van der Waals surface area contributed by atoms with Gasteiger partial charge in [0.1, 0.15) is 0 Å². The summed E-state index contributed by atoms with van der Waals surface area (Å²) in [4.78, 5) is 10.8. The van der Waals surface area contributed by atoms with E-state index in [2.05, 4.69) is 21.2 Å². The summed E-state index contributed by atoms with van der Waals surface area (Å²) in [5.41, 5.74) is 0.770. The van der Waals surface area contributed by atoms with Crippen molar-refractivity contribution >= 4 is 21.8 Å². The van der Waals surface area contributed by atoms with Crippen LogP contribution in [0.2, 0.25) is 0 Å². The van der Waals surface area contributed by atoms with Crippen LogP contribution in [0.15, 0.2) is 28.7 Å². The Morgan fingerprint density at radius 1 is 1.40 bits per heavy atom. The Balaban J connectivity index is 2.73. The molecule has 2 nitrogen and oxygen atoms in total. The lowest BCUT2D eigenvalue weighted by atomic mass is 10.1. The molecule has 0 saturated carbocycles. The third-order valence-corrected chi connectivity index (χ3v) is 2.65. The molecule has 0 saturated heterocycles. The summed E-state index contributed by atoms with van der Waals surface area (Å²) < 4.78 is 24.7. The van der Waals surface area contributed by atoms with Gasteiger partial charge in [-0.25, -0.2) is 0 Å². The predicted molar refractivity (Wildman–Crippen MR) is 56.7 cm³/mol. The van der Waals surface area contributed by atoms with E-state index < -0.39 is 18.4 Å². The first kappa shape index (κ1) is 12.1. The highest BCUT2D eigenvalue weighted by atomic mass is 79.9. The van der Waals surface area contributed by atoms with Crippen LogP contribution in [0, 0.1) is 0 Å². The van der Waals surface area contributed by atoms with E-state index in [1.807, 2.05) is 6.07 Å². The second-order valence-electron chi connectivity index (χ2n) is 3.05. The van der Waals surface area contributed by atoms with Crippen LogP contribution in [0.3, 0.4) is 0 Å². The van der Waals surface area contributed by atoms with Crippen molar-refractivity contribution in [1.82, 2.24) is 5.32 Å². The molecule has 0 aliphatic rings. The zero-order chi connectivity index (χ0) is 11.4. The van der Waals surface area contributed by atoms with E-state index in [0.717, 1.165) is 10.0 Å². The zero-order valence-corrected chi connectivity index (χ0v) is 9.59. The van der Waals surface area contributed by atoms with Gasteiger partial charge in [-0.05, 0) is 18.6 Å². The topological polar surface area (TPSA) is 29.1 Å². The second-order valence-corrected chi connectivity index (χ2v) is 3.91. The first-order valence-corrected chi connectivity index (χ1v) is 5.14. The number of carbonyl (C=O) groups is 1. The Morgan fingerprint density at radius 3 is 2.53 bits per heavy atom. The normalized spacial score (nSPS) is 12.6. The Hall–Kier alpha value is -0.970. The van der Waals surface area contributed by atoms with E-state index in [9.17, 15) is 13.6 Å². The van der Waals surface area contributed by atoms with Crippen molar-refractivity contribution in [1.29, 1.82) is 0 Å². The molecule has 1 N–H and O–H groups in total. The van der Waals surface area contributed by atoms with Crippen LogP contribution < -0.4 is 5.32 Å². The molecule has 82 valence electrons. The molecule has 1 amide bonds. The summed E-state index contributed by atoms with van der Waals surface area (Å²) in [6.45, 7) is 1.65. The van der Waals surface area contributed by atoms with Crippen LogP contribution in [0.4, 0.5) is 8.78 Å². The van der Waals surface area contributed by atoms with E-state index in [1.165, 1.54) is 0 Å². The minimum Gasteiger partial charge on any atom is -0.345 e. The fourth-order valence-corrected chi connectivity index (χ4v) is 1.81. The van der Waals surface area contributed by atoms with Gasteiger partial charge in [0.15, 0.2) is 0 Å². The smallest absolute Gasteiger partial charge is 0.315 e.